The second-order valence-electron chi connectivity index (χ2n) is 4.17. The fraction of sp³-hybridized carbons (Fsp3) is 0.182. The summed E-state index contributed by atoms with van der Waals surface area (Å²) in [4.78, 5) is -0.0717. The molecule has 0 saturated heterocycles. The van der Waals surface area contributed by atoms with Gasteiger partial charge in [-0.15, -0.1) is 0 Å². The van der Waals surface area contributed by atoms with Crippen LogP contribution < -0.4 is 16.2 Å². The van der Waals surface area contributed by atoms with Gasteiger partial charge in [0.2, 0.25) is 10.0 Å². The van der Waals surface area contributed by atoms with Crippen LogP contribution in [0.5, 0.6) is 0 Å². The minimum atomic E-state index is -3.78. The molecule has 2 aromatic rings. The van der Waals surface area contributed by atoms with Crippen LogP contribution in [0.1, 0.15) is 11.3 Å². The number of sulfonamides is 1. The number of nitrogens with two attached hydrogens (primary N) is 2. The second-order valence-corrected chi connectivity index (χ2v) is 5.70. The highest BCUT2D eigenvalue weighted by molar-refractivity contribution is 7.89. The Kier molecular flexibility index (Phi) is 3.45. The van der Waals surface area contributed by atoms with Crippen molar-refractivity contribution in [2.75, 3.05) is 11.1 Å². The first-order valence-corrected chi connectivity index (χ1v) is 7.07. The Hall–Kier alpha value is -2.06. The molecule has 0 atom stereocenters. The number of nitrogens with zero attached hydrogens (tertiary/aromatic N) is 1. The van der Waals surface area contributed by atoms with Crippen molar-refractivity contribution >= 4 is 21.4 Å². The van der Waals surface area contributed by atoms with Gasteiger partial charge in [-0.2, -0.15) is 5.10 Å². The van der Waals surface area contributed by atoms with E-state index in [0.717, 1.165) is 11.3 Å². The van der Waals surface area contributed by atoms with Gasteiger partial charge in [-0.1, -0.05) is 0 Å². The van der Waals surface area contributed by atoms with Crippen molar-refractivity contribution in [2.45, 2.75) is 18.4 Å². The van der Waals surface area contributed by atoms with E-state index in [9.17, 15) is 8.42 Å². The fourth-order valence-corrected chi connectivity index (χ4v) is 2.31. The SMILES string of the molecule is Cc1[nH]ncc1CNc1ccc(S(N)(=O)=O)c(N)c1. The molecule has 102 valence electrons. The number of H-pyrrole nitrogens is 1. The molecule has 0 amide bonds. The van der Waals surface area contributed by atoms with Gasteiger partial charge in [-0.05, 0) is 25.1 Å². The van der Waals surface area contributed by atoms with E-state index in [0.29, 0.717) is 12.2 Å². The lowest BCUT2D eigenvalue weighted by Gasteiger charge is -2.09. The lowest BCUT2D eigenvalue weighted by Crippen LogP contribution is -2.14. The highest BCUT2D eigenvalue weighted by Crippen LogP contribution is 2.21. The smallest absolute Gasteiger partial charge is 0.240 e. The average Bonchev–Trinajstić information content (AvgIpc) is 2.70. The fourth-order valence-electron chi connectivity index (χ4n) is 1.67. The van der Waals surface area contributed by atoms with Gasteiger partial charge in [0.05, 0.1) is 11.9 Å². The van der Waals surface area contributed by atoms with Crippen LogP contribution in [0.15, 0.2) is 29.3 Å². The summed E-state index contributed by atoms with van der Waals surface area (Å²) in [7, 11) is -3.78. The van der Waals surface area contributed by atoms with E-state index in [-0.39, 0.29) is 10.6 Å². The normalized spacial score (nSPS) is 11.5. The van der Waals surface area contributed by atoms with Crippen LogP contribution in [0.3, 0.4) is 0 Å². The largest absolute Gasteiger partial charge is 0.398 e. The molecule has 0 aliphatic carbocycles. The molecular weight excluding hydrogens is 266 g/mol. The lowest BCUT2D eigenvalue weighted by atomic mass is 10.2. The molecule has 0 radical (unpaired) electrons. The Morgan fingerprint density at radius 1 is 1.42 bits per heavy atom. The first kappa shape index (κ1) is 13.4. The predicted molar refractivity (Wildman–Crippen MR) is 72.9 cm³/mol. The van der Waals surface area contributed by atoms with Gasteiger partial charge in [0.25, 0.3) is 0 Å². The van der Waals surface area contributed by atoms with Gasteiger partial charge in [0.15, 0.2) is 0 Å². The number of hydrogen-bond donors (Lipinski definition) is 4. The maximum Gasteiger partial charge on any atom is 0.240 e. The summed E-state index contributed by atoms with van der Waals surface area (Å²) < 4.78 is 22.4. The molecule has 2 rings (SSSR count). The van der Waals surface area contributed by atoms with Crippen molar-refractivity contribution < 1.29 is 8.42 Å². The topological polar surface area (TPSA) is 127 Å². The van der Waals surface area contributed by atoms with Crippen LogP contribution in [0.25, 0.3) is 0 Å². The summed E-state index contributed by atoms with van der Waals surface area (Å²) in [5, 5.41) is 14.9. The molecule has 6 N–H and O–H groups in total. The van der Waals surface area contributed by atoms with Crippen LogP contribution in [0, 0.1) is 6.92 Å². The molecule has 0 unspecified atom stereocenters. The third-order valence-electron chi connectivity index (χ3n) is 2.73. The molecule has 7 nitrogen and oxygen atoms in total. The van der Waals surface area contributed by atoms with Gasteiger partial charge in [0, 0.05) is 23.5 Å². The maximum absolute atomic E-state index is 11.2. The molecular formula is C11H15N5O2S. The van der Waals surface area contributed by atoms with Crippen LogP contribution in [-0.2, 0) is 16.6 Å². The summed E-state index contributed by atoms with van der Waals surface area (Å²) in [6, 6.07) is 4.54. The van der Waals surface area contributed by atoms with E-state index in [2.05, 4.69) is 15.5 Å². The zero-order valence-corrected chi connectivity index (χ0v) is 11.2. The van der Waals surface area contributed by atoms with E-state index in [1.54, 1.807) is 12.3 Å². The van der Waals surface area contributed by atoms with Gasteiger partial charge >= 0.3 is 0 Å². The summed E-state index contributed by atoms with van der Waals surface area (Å²) in [5.41, 5.74) is 8.50. The van der Waals surface area contributed by atoms with Crippen molar-refractivity contribution in [3.05, 3.63) is 35.7 Å². The van der Waals surface area contributed by atoms with Crippen molar-refractivity contribution in [1.29, 1.82) is 0 Å². The highest BCUT2D eigenvalue weighted by atomic mass is 32.2. The molecule has 0 spiro atoms. The predicted octanol–water partition coefficient (Wildman–Crippen LogP) is 0.560. The third-order valence-corrected chi connectivity index (χ3v) is 3.72. The molecule has 1 aromatic carbocycles. The number of aryl methyl sites for hydroxylation is 1. The van der Waals surface area contributed by atoms with E-state index in [1.807, 2.05) is 6.92 Å². The summed E-state index contributed by atoms with van der Waals surface area (Å²) in [6.07, 6.45) is 1.73. The summed E-state index contributed by atoms with van der Waals surface area (Å²) >= 11 is 0. The molecule has 0 aliphatic heterocycles. The Balaban J connectivity index is 2.15. The van der Waals surface area contributed by atoms with Crippen LogP contribution in [0.2, 0.25) is 0 Å². The highest BCUT2D eigenvalue weighted by Gasteiger charge is 2.12. The van der Waals surface area contributed by atoms with Crippen LogP contribution in [0.4, 0.5) is 11.4 Å². The van der Waals surface area contributed by atoms with E-state index >= 15 is 0 Å². The number of benzene rings is 1. The average molecular weight is 281 g/mol. The number of primary sulfonamides is 1. The number of anilines is 2. The van der Waals surface area contributed by atoms with Crippen molar-refractivity contribution in [3.63, 3.8) is 0 Å². The molecule has 0 bridgehead atoms. The van der Waals surface area contributed by atoms with Crippen molar-refractivity contribution in [2.24, 2.45) is 5.14 Å². The first-order valence-electron chi connectivity index (χ1n) is 5.53. The standard InChI is InChI=1S/C11H15N5O2S/c1-7-8(6-15-16-7)5-14-9-2-3-11(10(12)4-9)19(13,17)18/h2-4,6,14H,5,12H2,1H3,(H,15,16)(H2,13,17,18). The number of nitrogens with one attached hydrogen (secondary N) is 2. The van der Waals surface area contributed by atoms with Gasteiger partial charge < -0.3 is 11.1 Å². The Bertz CT molecular complexity index is 693. The number of rotatable bonds is 4. The number of hydrogen-bond acceptors (Lipinski definition) is 5. The molecule has 0 fully saturated rings. The van der Waals surface area contributed by atoms with Crippen molar-refractivity contribution in [3.8, 4) is 0 Å². The summed E-state index contributed by atoms with van der Waals surface area (Å²) in [6.45, 7) is 2.49. The molecule has 8 heteroatoms. The quantitative estimate of drug-likeness (QED) is 0.609. The van der Waals surface area contributed by atoms with E-state index in [4.69, 9.17) is 10.9 Å². The zero-order chi connectivity index (χ0) is 14.0. The van der Waals surface area contributed by atoms with E-state index in [1.165, 1.54) is 12.1 Å². The molecule has 1 aromatic heterocycles. The molecule has 1 heterocycles. The molecule has 19 heavy (non-hydrogen) atoms. The number of nitrogen functional groups attached to an aromatic ring is 1. The third kappa shape index (κ3) is 3.04. The monoisotopic (exact) mass is 281 g/mol. The Morgan fingerprint density at radius 3 is 2.68 bits per heavy atom. The van der Waals surface area contributed by atoms with Gasteiger partial charge in [-0.3, -0.25) is 5.10 Å². The molecule has 0 aliphatic rings. The molecule has 0 saturated carbocycles. The lowest BCUT2D eigenvalue weighted by molar-refractivity contribution is 0.598. The van der Waals surface area contributed by atoms with Gasteiger partial charge in [-0.25, -0.2) is 13.6 Å². The minimum Gasteiger partial charge on any atom is -0.398 e. The second kappa shape index (κ2) is 4.90. The van der Waals surface area contributed by atoms with Crippen molar-refractivity contribution in [1.82, 2.24) is 10.2 Å². The Morgan fingerprint density at radius 2 is 2.16 bits per heavy atom. The Labute approximate surface area is 111 Å². The van der Waals surface area contributed by atoms with Gasteiger partial charge in [0.1, 0.15) is 4.90 Å². The van der Waals surface area contributed by atoms with E-state index < -0.39 is 10.0 Å². The maximum atomic E-state index is 11.2. The summed E-state index contributed by atoms with van der Waals surface area (Å²) in [5.74, 6) is 0. The zero-order valence-electron chi connectivity index (χ0n) is 10.3. The van der Waals surface area contributed by atoms with Crippen LogP contribution in [-0.4, -0.2) is 18.6 Å². The number of aromatic amines is 1. The minimum absolute atomic E-state index is 0.0717. The first-order chi connectivity index (χ1) is 8.88. The number of aromatic nitrogens is 2. The van der Waals surface area contributed by atoms with Crippen LogP contribution >= 0.6 is 0 Å².